The number of aryl methyl sites for hydroxylation is 4. The second-order valence-electron chi connectivity index (χ2n) is 15.0. The van der Waals surface area contributed by atoms with Crippen molar-refractivity contribution in [3.63, 3.8) is 0 Å². The van der Waals surface area contributed by atoms with Gasteiger partial charge in [0, 0.05) is 41.9 Å². The molecule has 0 unspecified atom stereocenters. The number of aromatic nitrogens is 3. The Balaban J connectivity index is 1.38. The van der Waals surface area contributed by atoms with E-state index in [0.29, 0.717) is 0 Å². The van der Waals surface area contributed by atoms with Gasteiger partial charge in [-0.1, -0.05) is 119 Å². The van der Waals surface area contributed by atoms with Gasteiger partial charge in [0.05, 0.1) is 33.0 Å². The van der Waals surface area contributed by atoms with E-state index in [9.17, 15) is 0 Å². The van der Waals surface area contributed by atoms with Crippen LogP contribution in [0.3, 0.4) is 0 Å². The summed E-state index contributed by atoms with van der Waals surface area (Å²) < 4.78 is 4.65. The lowest BCUT2D eigenvalue weighted by atomic mass is 10.0. The third-order valence-corrected chi connectivity index (χ3v) is 13.1. The number of hydrogen-bond donors (Lipinski definition) is 1. The number of fused-ring (bicyclic) bond motifs is 11. The minimum atomic E-state index is 0.934. The van der Waals surface area contributed by atoms with Crippen LogP contribution in [0, 0.1) is 27.7 Å². The average Bonchev–Trinajstić information content (AvgIpc) is 4.08. The number of H-pyrrole nitrogens is 1. The highest BCUT2D eigenvalue weighted by atomic mass is 32.1. The Morgan fingerprint density at radius 2 is 0.614 bits per heavy atom. The van der Waals surface area contributed by atoms with Crippen LogP contribution in [-0.4, -0.2) is 15.0 Å². The van der Waals surface area contributed by atoms with Crippen molar-refractivity contribution >= 4 is 76.8 Å². The Bertz CT molecular complexity index is 2910. The van der Waals surface area contributed by atoms with E-state index in [0.717, 1.165) is 92.4 Å². The number of thiophene rings is 2. The van der Waals surface area contributed by atoms with Crippen molar-refractivity contribution in [2.24, 2.45) is 0 Å². The van der Waals surface area contributed by atoms with Crippen LogP contribution in [0.15, 0.2) is 133 Å². The molecular formula is C52H39N3S2. The SMILES string of the molecule is Cc1ccc(-c2c3nc(c(-c4ccc(C)cc4)c4ccc(s4)c(-c4ccc(C)cc4)c4nc(c(-c5ccc(C)cc5)c5ccc(s5)c5ccc2[nH]5)C=C4)C=C3)cc1. The van der Waals surface area contributed by atoms with Crippen LogP contribution in [0.1, 0.15) is 45.0 Å². The quantitative estimate of drug-likeness (QED) is 0.194. The predicted octanol–water partition coefficient (Wildman–Crippen LogP) is 15.1. The molecule has 4 aromatic carbocycles. The van der Waals surface area contributed by atoms with E-state index >= 15 is 0 Å². The zero-order valence-corrected chi connectivity index (χ0v) is 33.9. The van der Waals surface area contributed by atoms with Gasteiger partial charge in [-0.25, -0.2) is 9.97 Å². The Morgan fingerprint density at radius 1 is 0.316 bits per heavy atom. The normalized spacial score (nSPS) is 12.1. The van der Waals surface area contributed by atoms with E-state index in [1.54, 1.807) is 22.7 Å². The lowest BCUT2D eigenvalue weighted by Crippen LogP contribution is -1.87. The molecule has 0 radical (unpaired) electrons. The van der Waals surface area contributed by atoms with Gasteiger partial charge in [0.2, 0.25) is 0 Å². The van der Waals surface area contributed by atoms with Crippen molar-refractivity contribution in [1.29, 1.82) is 0 Å². The largest absolute Gasteiger partial charge is 0.354 e. The highest BCUT2D eigenvalue weighted by Gasteiger charge is 2.18. The number of rotatable bonds is 4. The van der Waals surface area contributed by atoms with Crippen LogP contribution in [0.4, 0.5) is 0 Å². The van der Waals surface area contributed by atoms with Crippen LogP contribution in [-0.2, 0) is 0 Å². The molecule has 10 rings (SSSR count). The predicted molar refractivity (Wildman–Crippen MR) is 247 cm³/mol. The second-order valence-corrected chi connectivity index (χ2v) is 17.2. The Kier molecular flexibility index (Phi) is 8.77. The van der Waals surface area contributed by atoms with Crippen molar-refractivity contribution in [1.82, 2.24) is 15.0 Å². The summed E-state index contributed by atoms with van der Waals surface area (Å²) in [6.45, 7) is 8.55. The lowest BCUT2D eigenvalue weighted by molar-refractivity contribution is 1.32. The van der Waals surface area contributed by atoms with E-state index in [4.69, 9.17) is 9.97 Å². The molecule has 5 heteroatoms. The third kappa shape index (κ3) is 6.59. The maximum absolute atomic E-state index is 5.49. The van der Waals surface area contributed by atoms with Crippen LogP contribution >= 0.6 is 22.7 Å². The first-order chi connectivity index (χ1) is 27.8. The first kappa shape index (κ1) is 35.0. The summed E-state index contributed by atoms with van der Waals surface area (Å²) in [4.78, 5) is 14.8. The van der Waals surface area contributed by atoms with Crippen molar-refractivity contribution < 1.29 is 0 Å². The van der Waals surface area contributed by atoms with Gasteiger partial charge in [0.25, 0.3) is 0 Å². The molecule has 0 saturated heterocycles. The molecule has 6 heterocycles. The molecule has 0 spiro atoms. The van der Waals surface area contributed by atoms with E-state index in [-0.39, 0.29) is 0 Å². The van der Waals surface area contributed by atoms with Crippen LogP contribution in [0.25, 0.3) is 98.6 Å². The summed E-state index contributed by atoms with van der Waals surface area (Å²) >= 11 is 3.59. The van der Waals surface area contributed by atoms with Gasteiger partial charge >= 0.3 is 0 Å². The molecule has 274 valence electrons. The molecule has 0 aliphatic carbocycles. The number of benzene rings is 4. The van der Waals surface area contributed by atoms with Crippen LogP contribution in [0.5, 0.6) is 0 Å². The molecule has 1 N–H and O–H groups in total. The van der Waals surface area contributed by atoms with Gasteiger partial charge in [-0.3, -0.25) is 0 Å². The van der Waals surface area contributed by atoms with Crippen molar-refractivity contribution in [3.05, 3.63) is 178 Å². The summed E-state index contributed by atoms with van der Waals surface area (Å²) in [6, 6.07) is 48.7. The van der Waals surface area contributed by atoms with Gasteiger partial charge in [-0.2, -0.15) is 0 Å². The summed E-state index contributed by atoms with van der Waals surface area (Å²) in [6.07, 6.45) is 8.75. The monoisotopic (exact) mass is 769 g/mol. The van der Waals surface area contributed by atoms with E-state index in [1.807, 2.05) is 0 Å². The first-order valence-corrected chi connectivity index (χ1v) is 20.9. The molecular weight excluding hydrogens is 731 g/mol. The fourth-order valence-corrected chi connectivity index (χ4v) is 9.98. The fourth-order valence-electron chi connectivity index (χ4n) is 7.76. The maximum Gasteiger partial charge on any atom is 0.0737 e. The number of aromatic amines is 1. The maximum atomic E-state index is 5.49. The van der Waals surface area contributed by atoms with Gasteiger partial charge in [0.15, 0.2) is 0 Å². The lowest BCUT2D eigenvalue weighted by Gasteiger charge is -2.06. The number of hydrogen-bond acceptors (Lipinski definition) is 4. The molecule has 2 aliphatic rings. The third-order valence-electron chi connectivity index (χ3n) is 10.8. The standard InChI is InChI=1S/C52H39N3S2/c1-31-5-13-35(14-6-31)49-40-22-21-39(53-40)45-27-28-46(56-45)50(36-15-7-32(2)8-16-36)43-25-26-44(55-43)52(38-19-11-34(4)12-20-38)48-30-29-47(57-48)51(42-24-23-41(49)54-42)37-17-9-33(3)10-18-37/h5-30,53H,1-4H3. The average molecular weight is 770 g/mol. The van der Waals surface area contributed by atoms with Gasteiger partial charge in [0.1, 0.15) is 0 Å². The molecule has 0 atom stereocenters. The Labute approximate surface area is 340 Å². The minimum Gasteiger partial charge on any atom is -0.354 e. The Morgan fingerprint density at radius 3 is 1.00 bits per heavy atom. The fraction of sp³-hybridized carbons (Fsp3) is 0.0769. The van der Waals surface area contributed by atoms with Crippen molar-refractivity contribution in [3.8, 4) is 44.5 Å². The number of nitrogens with one attached hydrogen (secondary N) is 1. The molecule has 0 amide bonds. The molecule has 10 bridgehead atoms. The zero-order chi connectivity index (χ0) is 38.6. The van der Waals surface area contributed by atoms with Crippen molar-refractivity contribution in [2.45, 2.75) is 27.7 Å². The zero-order valence-electron chi connectivity index (χ0n) is 32.2. The van der Waals surface area contributed by atoms with E-state index < -0.39 is 0 Å². The molecule has 2 aliphatic heterocycles. The Hall–Kier alpha value is -6.40. The molecule has 57 heavy (non-hydrogen) atoms. The van der Waals surface area contributed by atoms with E-state index in [1.165, 1.54) is 27.0 Å². The summed E-state index contributed by atoms with van der Waals surface area (Å²) in [7, 11) is 0. The highest BCUT2D eigenvalue weighted by Crippen LogP contribution is 2.42. The smallest absolute Gasteiger partial charge is 0.0737 e. The van der Waals surface area contributed by atoms with Crippen molar-refractivity contribution in [2.75, 3.05) is 0 Å². The molecule has 3 nitrogen and oxygen atoms in total. The summed E-state index contributed by atoms with van der Waals surface area (Å²) in [5.41, 5.74) is 19.8. The van der Waals surface area contributed by atoms with E-state index in [2.05, 4.69) is 190 Å². The van der Waals surface area contributed by atoms with Crippen LogP contribution < -0.4 is 0 Å². The minimum absolute atomic E-state index is 0.934. The summed E-state index contributed by atoms with van der Waals surface area (Å²) in [5.74, 6) is 0. The first-order valence-electron chi connectivity index (χ1n) is 19.3. The topological polar surface area (TPSA) is 41.6 Å². The molecule has 4 aromatic heterocycles. The second kappa shape index (κ2) is 14.3. The highest BCUT2D eigenvalue weighted by molar-refractivity contribution is 7.25. The molecule has 0 saturated carbocycles. The van der Waals surface area contributed by atoms with Gasteiger partial charge < -0.3 is 4.98 Å². The molecule has 8 aromatic rings. The van der Waals surface area contributed by atoms with Gasteiger partial charge in [-0.05, 0) is 111 Å². The number of nitrogens with zero attached hydrogens (tertiary/aromatic N) is 2. The summed E-state index contributed by atoms with van der Waals surface area (Å²) in [5, 5.41) is 0. The molecule has 0 fully saturated rings. The van der Waals surface area contributed by atoms with Gasteiger partial charge in [-0.15, -0.1) is 22.7 Å². The van der Waals surface area contributed by atoms with Crippen LogP contribution in [0.2, 0.25) is 0 Å².